The van der Waals surface area contributed by atoms with Crippen LogP contribution in [0, 0.1) is 6.92 Å². The zero-order valence-corrected chi connectivity index (χ0v) is 12.7. The van der Waals surface area contributed by atoms with Crippen molar-refractivity contribution < 1.29 is 9.53 Å². The highest BCUT2D eigenvalue weighted by atomic mass is 79.9. The second-order valence-corrected chi connectivity index (χ2v) is 5.58. The molecule has 6 heteroatoms. The Balaban J connectivity index is 2.08. The van der Waals surface area contributed by atoms with Crippen LogP contribution in [0.15, 0.2) is 16.6 Å². The van der Waals surface area contributed by atoms with E-state index in [1.54, 1.807) is 0 Å². The van der Waals surface area contributed by atoms with Gasteiger partial charge in [-0.1, -0.05) is 0 Å². The molecular formula is C13H18BrN3O2. The first-order valence-corrected chi connectivity index (χ1v) is 6.95. The van der Waals surface area contributed by atoms with Crippen molar-refractivity contribution in [2.75, 3.05) is 30.8 Å². The first kappa shape index (κ1) is 14.0. The lowest BCUT2D eigenvalue weighted by molar-refractivity contribution is 0.167. The molecule has 1 unspecified atom stereocenters. The molecule has 0 bridgehead atoms. The van der Waals surface area contributed by atoms with E-state index in [0.29, 0.717) is 0 Å². The third-order valence-corrected chi connectivity index (χ3v) is 4.01. The highest BCUT2D eigenvalue weighted by Gasteiger charge is 2.25. The first-order chi connectivity index (χ1) is 9.01. The van der Waals surface area contributed by atoms with E-state index >= 15 is 0 Å². The zero-order chi connectivity index (χ0) is 14.0. The number of nitrogens with one attached hydrogen (secondary N) is 1. The molecule has 1 amide bonds. The molecule has 104 valence electrons. The van der Waals surface area contributed by atoms with Gasteiger partial charge in [0.25, 0.3) is 0 Å². The van der Waals surface area contributed by atoms with Crippen LogP contribution in [-0.4, -0.2) is 32.3 Å². The van der Waals surface area contributed by atoms with Gasteiger partial charge in [0.15, 0.2) is 0 Å². The van der Waals surface area contributed by atoms with E-state index in [1.807, 2.05) is 13.0 Å². The Morgan fingerprint density at radius 1 is 1.58 bits per heavy atom. The second kappa shape index (κ2) is 5.69. The number of rotatable bonds is 2. The fourth-order valence-electron chi connectivity index (χ4n) is 2.25. The van der Waals surface area contributed by atoms with Crippen LogP contribution < -0.4 is 16.0 Å². The van der Waals surface area contributed by atoms with Crippen molar-refractivity contribution in [3.63, 3.8) is 0 Å². The van der Waals surface area contributed by atoms with Gasteiger partial charge >= 0.3 is 6.09 Å². The lowest BCUT2D eigenvalue weighted by atomic mass is 10.1. The number of anilines is 2. The average Bonchev–Trinajstić information content (AvgIpc) is 2.82. The van der Waals surface area contributed by atoms with Gasteiger partial charge in [-0.05, 0) is 47.0 Å². The lowest BCUT2D eigenvalue weighted by Gasteiger charge is -2.21. The second-order valence-electron chi connectivity index (χ2n) is 4.73. The molecule has 1 atom stereocenters. The smallest absolute Gasteiger partial charge is 0.407 e. The Kier molecular flexibility index (Phi) is 4.19. The molecule has 0 spiro atoms. The molecule has 0 radical (unpaired) electrons. The van der Waals surface area contributed by atoms with Crippen LogP contribution in [0.25, 0.3) is 0 Å². The summed E-state index contributed by atoms with van der Waals surface area (Å²) in [5, 5.41) is 2.83. The molecule has 1 aromatic carbocycles. The molecule has 3 N–H and O–H groups in total. The van der Waals surface area contributed by atoms with Gasteiger partial charge in [-0.3, -0.25) is 0 Å². The van der Waals surface area contributed by atoms with Gasteiger partial charge in [0.1, 0.15) is 0 Å². The summed E-state index contributed by atoms with van der Waals surface area (Å²) in [4.78, 5) is 13.4. The molecule has 0 saturated carbocycles. The van der Waals surface area contributed by atoms with Crippen LogP contribution in [0.1, 0.15) is 12.0 Å². The lowest BCUT2D eigenvalue weighted by Crippen LogP contribution is -2.37. The topological polar surface area (TPSA) is 67.6 Å². The van der Waals surface area contributed by atoms with Crippen LogP contribution in [0.4, 0.5) is 16.2 Å². The molecule has 1 aliphatic rings. The third kappa shape index (κ3) is 3.12. The number of aryl methyl sites for hydroxylation is 1. The molecule has 2 rings (SSSR count). The van der Waals surface area contributed by atoms with Crippen molar-refractivity contribution in [2.24, 2.45) is 0 Å². The minimum atomic E-state index is -0.376. The molecule has 1 aromatic rings. The number of halogens is 1. The summed E-state index contributed by atoms with van der Waals surface area (Å²) in [6, 6.07) is 4.11. The average molecular weight is 328 g/mol. The van der Waals surface area contributed by atoms with E-state index in [1.165, 1.54) is 7.11 Å². The van der Waals surface area contributed by atoms with Gasteiger partial charge in [0.05, 0.1) is 18.8 Å². The van der Waals surface area contributed by atoms with Crippen molar-refractivity contribution >= 4 is 33.4 Å². The fourth-order valence-corrected chi connectivity index (χ4v) is 2.86. The zero-order valence-electron chi connectivity index (χ0n) is 11.1. The van der Waals surface area contributed by atoms with Gasteiger partial charge in [-0.2, -0.15) is 0 Å². The molecule has 19 heavy (non-hydrogen) atoms. The number of nitrogens with two attached hydrogens (primary N) is 1. The van der Waals surface area contributed by atoms with Crippen LogP contribution >= 0.6 is 15.9 Å². The van der Waals surface area contributed by atoms with Gasteiger partial charge in [0, 0.05) is 23.2 Å². The normalized spacial score (nSPS) is 18.5. The maximum atomic E-state index is 11.2. The van der Waals surface area contributed by atoms with E-state index in [0.717, 1.165) is 40.9 Å². The van der Waals surface area contributed by atoms with Gasteiger partial charge in [0.2, 0.25) is 0 Å². The Morgan fingerprint density at radius 3 is 3.00 bits per heavy atom. The molecular weight excluding hydrogens is 310 g/mol. The summed E-state index contributed by atoms with van der Waals surface area (Å²) in [6.45, 7) is 3.67. The summed E-state index contributed by atoms with van der Waals surface area (Å²) in [6.07, 6.45) is 0.532. The van der Waals surface area contributed by atoms with E-state index in [-0.39, 0.29) is 12.1 Å². The maximum absolute atomic E-state index is 11.2. The van der Waals surface area contributed by atoms with Gasteiger partial charge in [-0.15, -0.1) is 0 Å². The Hall–Kier alpha value is -1.43. The quantitative estimate of drug-likeness (QED) is 0.818. The highest BCUT2D eigenvalue weighted by Crippen LogP contribution is 2.32. The number of ether oxygens (including phenoxy) is 1. The number of alkyl carbamates (subject to hydrolysis) is 1. The summed E-state index contributed by atoms with van der Waals surface area (Å²) in [5.74, 6) is 0. The van der Waals surface area contributed by atoms with E-state index < -0.39 is 0 Å². The molecule has 0 aliphatic carbocycles. The minimum Gasteiger partial charge on any atom is -0.453 e. The van der Waals surface area contributed by atoms with Crippen molar-refractivity contribution in [2.45, 2.75) is 19.4 Å². The largest absolute Gasteiger partial charge is 0.453 e. The standard InChI is InChI=1S/C13H18BrN3O2/c1-8-5-12(10(14)6-11(8)15)17-4-3-9(7-17)16-13(18)19-2/h5-6,9H,3-4,7,15H2,1-2H3,(H,16,18). The van der Waals surface area contributed by atoms with Crippen LogP contribution in [0.3, 0.4) is 0 Å². The molecule has 1 saturated heterocycles. The molecule has 1 aliphatic heterocycles. The first-order valence-electron chi connectivity index (χ1n) is 6.16. The number of carbonyl (C=O) groups is 1. The maximum Gasteiger partial charge on any atom is 0.407 e. The van der Waals surface area contributed by atoms with Crippen molar-refractivity contribution in [3.8, 4) is 0 Å². The summed E-state index contributed by atoms with van der Waals surface area (Å²) in [5.41, 5.74) is 8.82. The molecule has 1 fully saturated rings. The molecule has 0 aromatic heterocycles. The summed E-state index contributed by atoms with van der Waals surface area (Å²) < 4.78 is 5.60. The predicted molar refractivity (Wildman–Crippen MR) is 79.5 cm³/mol. The monoisotopic (exact) mass is 327 g/mol. The van der Waals surface area contributed by atoms with E-state index in [9.17, 15) is 4.79 Å². The fraction of sp³-hybridized carbons (Fsp3) is 0.462. The van der Waals surface area contributed by atoms with E-state index in [2.05, 4.69) is 36.9 Å². The van der Waals surface area contributed by atoms with Crippen molar-refractivity contribution in [1.82, 2.24) is 5.32 Å². The molecule has 1 heterocycles. The van der Waals surface area contributed by atoms with Crippen LogP contribution in [-0.2, 0) is 4.74 Å². The van der Waals surface area contributed by atoms with Gasteiger partial charge in [-0.25, -0.2) is 4.79 Å². The number of amides is 1. The Bertz CT molecular complexity index is 493. The Labute approximate surface area is 121 Å². The van der Waals surface area contributed by atoms with Crippen LogP contribution in [0.5, 0.6) is 0 Å². The summed E-state index contributed by atoms with van der Waals surface area (Å²) in [7, 11) is 1.38. The number of methoxy groups -OCH3 is 1. The van der Waals surface area contributed by atoms with Crippen molar-refractivity contribution in [1.29, 1.82) is 0 Å². The van der Waals surface area contributed by atoms with E-state index in [4.69, 9.17) is 5.73 Å². The third-order valence-electron chi connectivity index (χ3n) is 3.37. The molecule has 5 nitrogen and oxygen atoms in total. The number of hydrogen-bond donors (Lipinski definition) is 2. The number of carbonyl (C=O) groups excluding carboxylic acids is 1. The highest BCUT2D eigenvalue weighted by molar-refractivity contribution is 9.10. The van der Waals surface area contributed by atoms with Crippen molar-refractivity contribution in [3.05, 3.63) is 22.2 Å². The minimum absolute atomic E-state index is 0.122. The van der Waals surface area contributed by atoms with Gasteiger partial charge < -0.3 is 20.7 Å². The number of nitrogens with zero attached hydrogens (tertiary/aromatic N) is 1. The number of benzene rings is 1. The predicted octanol–water partition coefficient (Wildman–Crippen LogP) is 2.27. The Morgan fingerprint density at radius 2 is 2.32 bits per heavy atom. The SMILES string of the molecule is COC(=O)NC1CCN(c2cc(C)c(N)cc2Br)C1. The van der Waals surface area contributed by atoms with Crippen LogP contribution in [0.2, 0.25) is 0 Å². The number of hydrogen-bond acceptors (Lipinski definition) is 4. The summed E-state index contributed by atoms with van der Waals surface area (Å²) >= 11 is 3.54. The number of nitrogen functional groups attached to an aromatic ring is 1.